The molecule has 2 rings (SSSR count). The number of hydrazine groups is 1. The van der Waals surface area contributed by atoms with Gasteiger partial charge in [0.05, 0.1) is 0 Å². The van der Waals surface area contributed by atoms with E-state index >= 15 is 0 Å². The number of nitrogens with one attached hydrogen (secondary N) is 1. The van der Waals surface area contributed by atoms with Crippen LogP contribution in [-0.4, -0.2) is 16.6 Å². The molecule has 0 fully saturated rings. The number of hydrogen-bond acceptors (Lipinski definition) is 5. The molecule has 0 spiro atoms. The average molecular weight is 284 g/mol. The SMILES string of the molecule is CCCc1nc(NN)cc(OC/C=C/c2ccccc2)n1. The van der Waals surface area contributed by atoms with Crippen molar-refractivity contribution >= 4 is 11.9 Å². The van der Waals surface area contributed by atoms with Gasteiger partial charge in [0.2, 0.25) is 5.88 Å². The number of aryl methyl sites for hydroxylation is 1. The number of nitrogens with zero attached hydrogens (tertiary/aromatic N) is 2. The molecule has 1 aromatic heterocycles. The zero-order valence-electron chi connectivity index (χ0n) is 12.1. The van der Waals surface area contributed by atoms with E-state index in [1.165, 1.54) is 0 Å². The molecule has 0 atom stereocenters. The quantitative estimate of drug-likeness (QED) is 0.604. The van der Waals surface area contributed by atoms with Crippen molar-refractivity contribution in [3.8, 4) is 5.88 Å². The minimum absolute atomic E-state index is 0.446. The minimum atomic E-state index is 0.446. The summed E-state index contributed by atoms with van der Waals surface area (Å²) < 4.78 is 5.62. The summed E-state index contributed by atoms with van der Waals surface area (Å²) in [6.07, 6.45) is 5.73. The first kappa shape index (κ1) is 15.0. The molecule has 21 heavy (non-hydrogen) atoms. The van der Waals surface area contributed by atoms with Crippen molar-refractivity contribution in [2.45, 2.75) is 19.8 Å². The van der Waals surface area contributed by atoms with Gasteiger partial charge < -0.3 is 10.2 Å². The van der Waals surface area contributed by atoms with E-state index in [9.17, 15) is 0 Å². The van der Waals surface area contributed by atoms with Gasteiger partial charge in [-0.2, -0.15) is 4.98 Å². The Labute approximate surface area is 124 Å². The van der Waals surface area contributed by atoms with Gasteiger partial charge in [-0.25, -0.2) is 10.8 Å². The summed E-state index contributed by atoms with van der Waals surface area (Å²) in [6.45, 7) is 2.52. The normalized spacial score (nSPS) is 10.8. The molecule has 5 heteroatoms. The Balaban J connectivity index is 1.96. The number of rotatable bonds is 7. The van der Waals surface area contributed by atoms with E-state index < -0.39 is 0 Å². The van der Waals surface area contributed by atoms with Crippen molar-refractivity contribution in [1.82, 2.24) is 9.97 Å². The Kier molecular flexibility index (Phi) is 5.72. The fourth-order valence-corrected chi connectivity index (χ4v) is 1.84. The lowest BCUT2D eigenvalue weighted by Crippen LogP contribution is -2.11. The fraction of sp³-hybridized carbons (Fsp3) is 0.250. The Bertz CT molecular complexity index is 584. The highest BCUT2D eigenvalue weighted by atomic mass is 16.5. The summed E-state index contributed by atoms with van der Waals surface area (Å²) in [5.74, 6) is 7.23. The molecule has 0 aliphatic rings. The van der Waals surface area contributed by atoms with Crippen LogP contribution < -0.4 is 16.0 Å². The van der Waals surface area contributed by atoms with Crippen molar-refractivity contribution in [1.29, 1.82) is 0 Å². The van der Waals surface area contributed by atoms with E-state index in [1.807, 2.05) is 42.5 Å². The smallest absolute Gasteiger partial charge is 0.219 e. The molecular weight excluding hydrogens is 264 g/mol. The van der Waals surface area contributed by atoms with Crippen LogP contribution in [0.1, 0.15) is 24.7 Å². The van der Waals surface area contributed by atoms with Crippen molar-refractivity contribution in [2.24, 2.45) is 5.84 Å². The molecule has 3 N–H and O–H groups in total. The highest BCUT2D eigenvalue weighted by molar-refractivity contribution is 5.48. The van der Waals surface area contributed by atoms with Gasteiger partial charge in [0.15, 0.2) is 0 Å². The van der Waals surface area contributed by atoms with Crippen molar-refractivity contribution in [2.75, 3.05) is 12.0 Å². The number of nitrogens with two attached hydrogens (primary N) is 1. The number of nitrogen functional groups attached to an aromatic ring is 1. The maximum absolute atomic E-state index is 5.62. The lowest BCUT2D eigenvalue weighted by Gasteiger charge is -2.07. The fourth-order valence-electron chi connectivity index (χ4n) is 1.84. The summed E-state index contributed by atoms with van der Waals surface area (Å²) >= 11 is 0. The summed E-state index contributed by atoms with van der Waals surface area (Å²) in [6, 6.07) is 11.8. The monoisotopic (exact) mass is 284 g/mol. The average Bonchev–Trinajstić information content (AvgIpc) is 2.53. The molecule has 0 aliphatic heterocycles. The maximum atomic E-state index is 5.62. The zero-order chi connectivity index (χ0) is 14.9. The van der Waals surface area contributed by atoms with Gasteiger partial charge in [-0.1, -0.05) is 43.3 Å². The van der Waals surface area contributed by atoms with Crippen LogP contribution in [0.4, 0.5) is 5.82 Å². The predicted octanol–water partition coefficient (Wildman–Crippen LogP) is 2.81. The number of ether oxygens (including phenoxy) is 1. The highest BCUT2D eigenvalue weighted by Gasteiger charge is 2.03. The summed E-state index contributed by atoms with van der Waals surface area (Å²) in [4.78, 5) is 8.63. The minimum Gasteiger partial charge on any atom is -0.473 e. The van der Waals surface area contributed by atoms with Crippen molar-refractivity contribution < 1.29 is 4.74 Å². The van der Waals surface area contributed by atoms with E-state index in [-0.39, 0.29) is 0 Å². The number of anilines is 1. The van der Waals surface area contributed by atoms with Crippen molar-refractivity contribution in [3.05, 3.63) is 53.9 Å². The van der Waals surface area contributed by atoms with Crippen LogP contribution in [0.5, 0.6) is 5.88 Å². The third-order valence-corrected chi connectivity index (χ3v) is 2.81. The van der Waals surface area contributed by atoms with Crippen LogP contribution in [0.25, 0.3) is 6.08 Å². The van der Waals surface area contributed by atoms with Crippen LogP contribution in [0.3, 0.4) is 0 Å². The molecule has 1 aromatic carbocycles. The Morgan fingerprint density at radius 1 is 1.24 bits per heavy atom. The second kappa shape index (κ2) is 8.01. The zero-order valence-corrected chi connectivity index (χ0v) is 12.1. The van der Waals surface area contributed by atoms with Crippen LogP contribution >= 0.6 is 0 Å². The van der Waals surface area contributed by atoms with Gasteiger partial charge in [0.25, 0.3) is 0 Å². The van der Waals surface area contributed by atoms with Crippen LogP contribution in [-0.2, 0) is 6.42 Å². The van der Waals surface area contributed by atoms with Crippen LogP contribution in [0.15, 0.2) is 42.5 Å². The van der Waals surface area contributed by atoms with E-state index in [1.54, 1.807) is 6.07 Å². The molecule has 0 unspecified atom stereocenters. The first-order chi connectivity index (χ1) is 10.3. The summed E-state index contributed by atoms with van der Waals surface area (Å²) in [5, 5.41) is 0. The summed E-state index contributed by atoms with van der Waals surface area (Å²) in [7, 11) is 0. The molecule has 2 aromatic rings. The van der Waals surface area contributed by atoms with Crippen LogP contribution in [0, 0.1) is 0 Å². The molecule has 0 radical (unpaired) electrons. The largest absolute Gasteiger partial charge is 0.473 e. The second-order valence-corrected chi connectivity index (χ2v) is 4.53. The second-order valence-electron chi connectivity index (χ2n) is 4.53. The van der Waals surface area contributed by atoms with Crippen LogP contribution in [0.2, 0.25) is 0 Å². The standard InChI is InChI=1S/C16H20N4O/c1-2-7-14-18-15(20-17)12-16(19-14)21-11-6-10-13-8-4-3-5-9-13/h3-6,8-10,12H,2,7,11,17H2,1H3,(H,18,19,20)/b10-6+. The molecule has 110 valence electrons. The van der Waals surface area contributed by atoms with Crippen molar-refractivity contribution in [3.63, 3.8) is 0 Å². The van der Waals surface area contributed by atoms with Gasteiger partial charge in [-0.15, -0.1) is 0 Å². The lowest BCUT2D eigenvalue weighted by molar-refractivity contribution is 0.347. The predicted molar refractivity (Wildman–Crippen MR) is 84.8 cm³/mol. The molecule has 5 nitrogen and oxygen atoms in total. The number of benzene rings is 1. The third kappa shape index (κ3) is 4.89. The van der Waals surface area contributed by atoms with E-state index in [2.05, 4.69) is 22.3 Å². The Morgan fingerprint density at radius 2 is 2.05 bits per heavy atom. The Hall–Kier alpha value is -2.40. The first-order valence-electron chi connectivity index (χ1n) is 7.00. The lowest BCUT2D eigenvalue weighted by atomic mass is 10.2. The van der Waals surface area contributed by atoms with E-state index in [0.29, 0.717) is 18.3 Å². The maximum Gasteiger partial charge on any atom is 0.219 e. The molecule has 0 bridgehead atoms. The Morgan fingerprint density at radius 3 is 2.76 bits per heavy atom. The molecule has 0 saturated carbocycles. The highest BCUT2D eigenvalue weighted by Crippen LogP contribution is 2.14. The molecule has 0 saturated heterocycles. The van der Waals surface area contributed by atoms with Gasteiger partial charge in [-0.3, -0.25) is 0 Å². The third-order valence-electron chi connectivity index (χ3n) is 2.81. The molecule has 0 amide bonds. The van der Waals surface area contributed by atoms with Gasteiger partial charge in [0.1, 0.15) is 18.2 Å². The van der Waals surface area contributed by atoms with Gasteiger partial charge in [-0.05, 0) is 18.1 Å². The van der Waals surface area contributed by atoms with E-state index in [0.717, 1.165) is 24.2 Å². The van der Waals surface area contributed by atoms with Gasteiger partial charge >= 0.3 is 0 Å². The van der Waals surface area contributed by atoms with Gasteiger partial charge in [0, 0.05) is 12.5 Å². The number of aromatic nitrogens is 2. The first-order valence-corrected chi connectivity index (χ1v) is 7.00. The molecular formula is C16H20N4O. The molecule has 1 heterocycles. The topological polar surface area (TPSA) is 73.1 Å². The summed E-state index contributed by atoms with van der Waals surface area (Å²) in [5.41, 5.74) is 3.67. The van der Waals surface area contributed by atoms with E-state index in [4.69, 9.17) is 10.6 Å². The molecule has 0 aliphatic carbocycles. The number of hydrogen-bond donors (Lipinski definition) is 2.